The lowest BCUT2D eigenvalue weighted by atomic mass is 9.68. The number of hydrogen-bond donors (Lipinski definition) is 0. The Morgan fingerprint density at radius 2 is 1.10 bits per heavy atom. The van der Waals surface area contributed by atoms with Crippen molar-refractivity contribution in [2.75, 3.05) is 0 Å². The highest BCUT2D eigenvalue weighted by Crippen LogP contribution is 2.54. The van der Waals surface area contributed by atoms with Gasteiger partial charge in [0.1, 0.15) is 0 Å². The molecule has 6 aromatic carbocycles. The third kappa shape index (κ3) is 2.77. The third-order valence-corrected chi connectivity index (χ3v) is 10.2. The van der Waals surface area contributed by atoms with E-state index >= 15 is 0 Å². The summed E-state index contributed by atoms with van der Waals surface area (Å²) in [5, 5.41) is 5.38. The van der Waals surface area contributed by atoms with Crippen LogP contribution in [0.5, 0.6) is 0 Å². The quantitative estimate of drug-likeness (QED) is 0.201. The molecule has 0 N–H and O–H groups in total. The molecule has 1 heteroatoms. The van der Waals surface area contributed by atoms with E-state index in [0.717, 1.165) is 0 Å². The summed E-state index contributed by atoms with van der Waals surface area (Å²) in [6.45, 7) is 9.49. The number of rotatable bonds is 1. The molecule has 7 aromatic rings. The van der Waals surface area contributed by atoms with Crippen molar-refractivity contribution >= 4 is 32.6 Å². The van der Waals surface area contributed by atoms with Gasteiger partial charge in [0.15, 0.2) is 0 Å². The summed E-state index contributed by atoms with van der Waals surface area (Å²) in [7, 11) is 0. The second-order valence-electron chi connectivity index (χ2n) is 13.0. The zero-order valence-electron chi connectivity index (χ0n) is 23.9. The minimum atomic E-state index is -0.0598. The first-order valence-corrected chi connectivity index (χ1v) is 14.7. The van der Waals surface area contributed by atoms with Crippen molar-refractivity contribution in [3.05, 3.63) is 138 Å². The maximum Gasteiger partial charge on any atom is 0.0553 e. The second kappa shape index (κ2) is 7.56. The molecule has 0 atom stereocenters. The van der Waals surface area contributed by atoms with Crippen LogP contribution in [-0.2, 0) is 10.8 Å². The molecule has 0 saturated carbocycles. The fraction of sp³-hybridized carbons (Fsp3) is 0.150. The van der Waals surface area contributed by atoms with Crippen molar-refractivity contribution in [1.82, 2.24) is 4.57 Å². The Bertz CT molecular complexity index is 2260. The van der Waals surface area contributed by atoms with E-state index in [0.29, 0.717) is 0 Å². The average molecular weight is 526 g/mol. The van der Waals surface area contributed by atoms with E-state index in [9.17, 15) is 0 Å². The van der Waals surface area contributed by atoms with Gasteiger partial charge < -0.3 is 4.57 Å². The summed E-state index contributed by atoms with van der Waals surface area (Å²) >= 11 is 0. The third-order valence-electron chi connectivity index (χ3n) is 10.2. The molecule has 0 saturated heterocycles. The molecule has 0 amide bonds. The van der Waals surface area contributed by atoms with Gasteiger partial charge in [0.2, 0.25) is 0 Å². The van der Waals surface area contributed by atoms with E-state index in [2.05, 4.69) is 148 Å². The first-order valence-electron chi connectivity index (χ1n) is 14.7. The van der Waals surface area contributed by atoms with Crippen LogP contribution >= 0.6 is 0 Å². The van der Waals surface area contributed by atoms with E-state index in [4.69, 9.17) is 0 Å². The van der Waals surface area contributed by atoms with Crippen LogP contribution in [-0.4, -0.2) is 4.57 Å². The Morgan fingerprint density at radius 3 is 1.93 bits per heavy atom. The van der Waals surface area contributed by atoms with Crippen LogP contribution < -0.4 is 0 Å². The highest BCUT2D eigenvalue weighted by molar-refractivity contribution is 6.24. The van der Waals surface area contributed by atoms with Gasteiger partial charge in [-0.15, -0.1) is 0 Å². The van der Waals surface area contributed by atoms with Gasteiger partial charge in [-0.1, -0.05) is 119 Å². The molecule has 0 fully saturated rings. The van der Waals surface area contributed by atoms with Gasteiger partial charge in [-0.25, -0.2) is 0 Å². The smallest absolute Gasteiger partial charge is 0.0553 e. The first kappa shape index (κ1) is 23.1. The van der Waals surface area contributed by atoms with E-state index in [1.807, 2.05) is 0 Å². The van der Waals surface area contributed by atoms with Gasteiger partial charge in [-0.05, 0) is 74.0 Å². The molecular formula is C40H31N. The Labute approximate surface area is 240 Å². The highest BCUT2D eigenvalue weighted by Gasteiger charge is 2.37. The Kier molecular flexibility index (Phi) is 4.26. The predicted molar refractivity (Wildman–Crippen MR) is 173 cm³/mol. The lowest BCUT2D eigenvalue weighted by Gasteiger charge is -2.35. The van der Waals surface area contributed by atoms with Crippen molar-refractivity contribution in [2.45, 2.75) is 38.5 Å². The molecule has 2 aliphatic rings. The normalized spacial score (nSPS) is 15.7. The van der Waals surface area contributed by atoms with Crippen LogP contribution in [0.25, 0.3) is 60.5 Å². The number of fused-ring (bicyclic) bond motifs is 9. The summed E-state index contributed by atoms with van der Waals surface area (Å²) < 4.78 is 2.51. The molecule has 0 unspecified atom stereocenters. The molecule has 0 bridgehead atoms. The topological polar surface area (TPSA) is 4.93 Å². The molecule has 1 aromatic heterocycles. The fourth-order valence-corrected chi connectivity index (χ4v) is 8.19. The molecule has 2 aliphatic carbocycles. The van der Waals surface area contributed by atoms with Crippen LogP contribution in [0, 0.1) is 0 Å². The molecule has 41 heavy (non-hydrogen) atoms. The van der Waals surface area contributed by atoms with Crippen molar-refractivity contribution in [1.29, 1.82) is 0 Å². The van der Waals surface area contributed by atoms with E-state index in [1.54, 1.807) is 0 Å². The molecule has 0 spiro atoms. The van der Waals surface area contributed by atoms with Crippen molar-refractivity contribution in [3.8, 4) is 27.9 Å². The van der Waals surface area contributed by atoms with Gasteiger partial charge in [-0.3, -0.25) is 0 Å². The Balaban J connectivity index is 1.44. The van der Waals surface area contributed by atoms with Crippen LogP contribution in [0.2, 0.25) is 0 Å². The lowest BCUT2D eigenvalue weighted by Crippen LogP contribution is -2.23. The lowest BCUT2D eigenvalue weighted by molar-refractivity contribution is 0.645. The molecule has 1 nitrogen and oxygen atoms in total. The Hall–Kier alpha value is -4.62. The van der Waals surface area contributed by atoms with Crippen molar-refractivity contribution < 1.29 is 0 Å². The van der Waals surface area contributed by atoms with E-state index < -0.39 is 0 Å². The maximum absolute atomic E-state index is 2.51. The largest absolute Gasteiger partial charge is 0.309 e. The predicted octanol–water partition coefficient (Wildman–Crippen LogP) is 10.5. The summed E-state index contributed by atoms with van der Waals surface area (Å²) in [5.41, 5.74) is 14.7. The minimum Gasteiger partial charge on any atom is -0.309 e. The van der Waals surface area contributed by atoms with Gasteiger partial charge in [0.05, 0.1) is 11.0 Å². The number of aromatic nitrogens is 1. The monoisotopic (exact) mass is 525 g/mol. The van der Waals surface area contributed by atoms with Gasteiger partial charge in [0.25, 0.3) is 0 Å². The van der Waals surface area contributed by atoms with Crippen molar-refractivity contribution in [3.63, 3.8) is 0 Å². The summed E-state index contributed by atoms with van der Waals surface area (Å²) in [6, 6.07) is 43.4. The van der Waals surface area contributed by atoms with Crippen LogP contribution in [0.1, 0.15) is 49.9 Å². The number of nitrogens with zero attached hydrogens (tertiary/aromatic N) is 1. The van der Waals surface area contributed by atoms with Crippen LogP contribution in [0.15, 0.2) is 115 Å². The molecule has 1 heterocycles. The second-order valence-corrected chi connectivity index (χ2v) is 13.0. The summed E-state index contributed by atoms with van der Waals surface area (Å²) in [6.07, 6.45) is 0. The highest BCUT2D eigenvalue weighted by atomic mass is 15.0. The minimum absolute atomic E-state index is 0.0428. The molecular weight excluding hydrogens is 494 g/mol. The number of hydrogen-bond acceptors (Lipinski definition) is 0. The van der Waals surface area contributed by atoms with Gasteiger partial charge in [-0.2, -0.15) is 0 Å². The first-order chi connectivity index (χ1) is 19.9. The number of benzene rings is 6. The molecule has 9 rings (SSSR count). The average Bonchev–Trinajstić information content (AvgIpc) is 3.44. The number of para-hydroxylation sites is 1. The SMILES string of the molecule is CC1(C)c2ccccc2-c2ccc(-n3c4ccccc4c4c5c6c(cccc6cc43)C(C)(C)c3ccccc3-5)cc21. The summed E-state index contributed by atoms with van der Waals surface area (Å²) in [5.74, 6) is 0. The van der Waals surface area contributed by atoms with E-state index in [-0.39, 0.29) is 10.8 Å². The van der Waals surface area contributed by atoms with Crippen molar-refractivity contribution in [2.24, 2.45) is 0 Å². The van der Waals surface area contributed by atoms with Gasteiger partial charge in [0, 0.05) is 32.9 Å². The summed E-state index contributed by atoms with van der Waals surface area (Å²) in [4.78, 5) is 0. The maximum atomic E-state index is 2.51. The van der Waals surface area contributed by atoms with E-state index in [1.165, 1.54) is 82.8 Å². The fourth-order valence-electron chi connectivity index (χ4n) is 8.19. The molecule has 196 valence electrons. The van der Waals surface area contributed by atoms with Crippen LogP contribution in [0.3, 0.4) is 0 Å². The molecule has 0 aliphatic heterocycles. The Morgan fingerprint density at radius 1 is 0.463 bits per heavy atom. The standard InChI is InChI=1S/C40H31N/c1-39(2)31-17-9-6-14-28(31)38-36-24(12-11-18-32(36)39)22-35-37(38)29-15-7-10-19-34(29)41(35)25-20-21-27-26-13-5-8-16-30(26)40(3,4)33(27)23-25/h5-23H,1-4H3. The zero-order chi connectivity index (χ0) is 27.7. The van der Waals surface area contributed by atoms with Gasteiger partial charge >= 0.3 is 0 Å². The molecule has 0 radical (unpaired) electrons. The zero-order valence-corrected chi connectivity index (χ0v) is 23.9. The van der Waals surface area contributed by atoms with Crippen LogP contribution in [0.4, 0.5) is 0 Å².